The van der Waals surface area contributed by atoms with E-state index >= 15 is 0 Å². The first-order chi connectivity index (χ1) is 8.31. The summed E-state index contributed by atoms with van der Waals surface area (Å²) in [6.07, 6.45) is -0.0758. The fourth-order valence-electron chi connectivity index (χ4n) is 1.82. The molecular formula is C13H18N2O2. The molecule has 1 unspecified atom stereocenters. The molecule has 1 aliphatic rings. The van der Waals surface area contributed by atoms with Gasteiger partial charge in [-0.1, -0.05) is 30.3 Å². The fourth-order valence-corrected chi connectivity index (χ4v) is 1.82. The van der Waals surface area contributed by atoms with Crippen molar-refractivity contribution in [3.05, 3.63) is 35.9 Å². The lowest BCUT2D eigenvalue weighted by Gasteiger charge is -2.26. The molecule has 0 aliphatic carbocycles. The number of hydrogen-bond acceptors (Lipinski definition) is 3. The Balaban J connectivity index is 1.85. The van der Waals surface area contributed by atoms with Crippen LogP contribution in [0, 0.1) is 5.92 Å². The quantitative estimate of drug-likeness (QED) is 0.789. The van der Waals surface area contributed by atoms with Crippen LogP contribution in [0.15, 0.2) is 30.3 Å². The summed E-state index contributed by atoms with van der Waals surface area (Å²) in [5.41, 5.74) is 1.09. The molecule has 1 aliphatic heterocycles. The van der Waals surface area contributed by atoms with Crippen LogP contribution in [0.5, 0.6) is 0 Å². The van der Waals surface area contributed by atoms with Crippen molar-refractivity contribution in [2.75, 3.05) is 26.7 Å². The Kier molecular flexibility index (Phi) is 4.12. The van der Waals surface area contributed by atoms with E-state index < -0.39 is 0 Å². The van der Waals surface area contributed by atoms with Crippen molar-refractivity contribution >= 4 is 5.91 Å². The summed E-state index contributed by atoms with van der Waals surface area (Å²) >= 11 is 0. The van der Waals surface area contributed by atoms with Crippen LogP contribution >= 0.6 is 0 Å². The minimum absolute atomic E-state index is 0.0758. The van der Waals surface area contributed by atoms with Gasteiger partial charge in [-0.15, -0.1) is 0 Å². The summed E-state index contributed by atoms with van der Waals surface area (Å²) in [4.78, 5) is 11.7. The highest BCUT2D eigenvalue weighted by atomic mass is 16.5. The van der Waals surface area contributed by atoms with Gasteiger partial charge in [0.25, 0.3) is 0 Å². The number of methoxy groups -OCH3 is 1. The van der Waals surface area contributed by atoms with Crippen LogP contribution in [-0.4, -0.2) is 32.7 Å². The van der Waals surface area contributed by atoms with Gasteiger partial charge in [0.05, 0.1) is 12.0 Å². The molecule has 0 bridgehead atoms. The number of rotatable bonds is 5. The van der Waals surface area contributed by atoms with E-state index in [-0.39, 0.29) is 17.9 Å². The highest BCUT2D eigenvalue weighted by molar-refractivity contribution is 5.80. The van der Waals surface area contributed by atoms with Crippen molar-refractivity contribution in [2.45, 2.75) is 6.10 Å². The number of benzene rings is 1. The summed E-state index contributed by atoms with van der Waals surface area (Å²) in [6, 6.07) is 9.92. The molecule has 17 heavy (non-hydrogen) atoms. The standard InChI is InChI=1S/C13H18N2O2/c1-17-12(10-5-3-2-4-6-10)9-15-13(16)11-7-14-8-11/h2-6,11-12,14H,7-9H2,1H3,(H,15,16). The van der Waals surface area contributed by atoms with E-state index in [0.29, 0.717) is 6.54 Å². The molecule has 1 aromatic carbocycles. The van der Waals surface area contributed by atoms with Crippen molar-refractivity contribution in [1.82, 2.24) is 10.6 Å². The predicted molar refractivity (Wildman–Crippen MR) is 65.6 cm³/mol. The molecule has 1 amide bonds. The molecule has 1 aromatic rings. The largest absolute Gasteiger partial charge is 0.375 e. The van der Waals surface area contributed by atoms with Crippen molar-refractivity contribution in [2.24, 2.45) is 5.92 Å². The van der Waals surface area contributed by atoms with Crippen molar-refractivity contribution in [3.8, 4) is 0 Å². The summed E-state index contributed by atoms with van der Waals surface area (Å²) in [6.45, 7) is 2.10. The Morgan fingerprint density at radius 1 is 1.47 bits per heavy atom. The maximum absolute atomic E-state index is 11.7. The fraction of sp³-hybridized carbons (Fsp3) is 0.462. The number of carbonyl (C=O) groups excluding carboxylic acids is 1. The number of ether oxygens (including phenoxy) is 1. The van der Waals surface area contributed by atoms with Crippen LogP contribution < -0.4 is 10.6 Å². The molecule has 1 heterocycles. The van der Waals surface area contributed by atoms with E-state index in [1.165, 1.54) is 0 Å². The van der Waals surface area contributed by atoms with Crippen LogP contribution in [0.4, 0.5) is 0 Å². The monoisotopic (exact) mass is 234 g/mol. The molecule has 0 radical (unpaired) electrons. The van der Waals surface area contributed by atoms with Gasteiger partial charge in [0.2, 0.25) is 5.91 Å². The summed E-state index contributed by atoms with van der Waals surface area (Å²) < 4.78 is 5.39. The normalized spacial score (nSPS) is 17.2. The molecule has 4 heteroatoms. The molecule has 92 valence electrons. The van der Waals surface area contributed by atoms with Gasteiger partial charge in [0, 0.05) is 26.7 Å². The van der Waals surface area contributed by atoms with Crippen molar-refractivity contribution in [1.29, 1.82) is 0 Å². The Bertz CT molecular complexity index is 363. The predicted octanol–water partition coefficient (Wildman–Crippen LogP) is 0.710. The Morgan fingerprint density at radius 2 is 2.18 bits per heavy atom. The van der Waals surface area contributed by atoms with E-state index in [2.05, 4.69) is 10.6 Å². The van der Waals surface area contributed by atoms with E-state index in [1.807, 2.05) is 30.3 Å². The first-order valence-electron chi connectivity index (χ1n) is 5.87. The van der Waals surface area contributed by atoms with Gasteiger partial charge < -0.3 is 15.4 Å². The molecule has 1 saturated heterocycles. The second-order valence-electron chi connectivity index (χ2n) is 4.24. The number of nitrogens with one attached hydrogen (secondary N) is 2. The third kappa shape index (κ3) is 3.05. The molecule has 2 rings (SSSR count). The van der Waals surface area contributed by atoms with Crippen LogP contribution in [0.1, 0.15) is 11.7 Å². The first kappa shape index (κ1) is 12.1. The first-order valence-corrected chi connectivity index (χ1v) is 5.87. The van der Waals surface area contributed by atoms with Gasteiger partial charge in [-0.05, 0) is 5.56 Å². The van der Waals surface area contributed by atoms with E-state index in [4.69, 9.17) is 4.74 Å². The zero-order chi connectivity index (χ0) is 12.1. The lowest BCUT2D eigenvalue weighted by molar-refractivity contribution is -0.127. The minimum atomic E-state index is -0.0758. The van der Waals surface area contributed by atoms with E-state index in [0.717, 1.165) is 18.7 Å². The molecule has 2 N–H and O–H groups in total. The SMILES string of the molecule is COC(CNC(=O)C1CNC1)c1ccccc1. The highest BCUT2D eigenvalue weighted by Crippen LogP contribution is 2.15. The van der Waals surface area contributed by atoms with Gasteiger partial charge in [0.15, 0.2) is 0 Å². The number of amides is 1. The lowest BCUT2D eigenvalue weighted by atomic mass is 10.0. The van der Waals surface area contributed by atoms with Gasteiger partial charge in [-0.2, -0.15) is 0 Å². The summed E-state index contributed by atoms with van der Waals surface area (Å²) in [5, 5.41) is 6.01. The van der Waals surface area contributed by atoms with Crippen molar-refractivity contribution < 1.29 is 9.53 Å². The van der Waals surface area contributed by atoms with Gasteiger partial charge in [-0.25, -0.2) is 0 Å². The van der Waals surface area contributed by atoms with Crippen LogP contribution in [0.3, 0.4) is 0 Å². The molecule has 0 aromatic heterocycles. The second kappa shape index (κ2) is 5.80. The van der Waals surface area contributed by atoms with Crippen LogP contribution in [0.25, 0.3) is 0 Å². The molecule has 0 spiro atoms. The molecular weight excluding hydrogens is 216 g/mol. The van der Waals surface area contributed by atoms with Crippen LogP contribution in [0.2, 0.25) is 0 Å². The molecule has 4 nitrogen and oxygen atoms in total. The third-order valence-electron chi connectivity index (χ3n) is 3.07. The average Bonchev–Trinajstić information content (AvgIpc) is 2.29. The average molecular weight is 234 g/mol. The van der Waals surface area contributed by atoms with Gasteiger partial charge >= 0.3 is 0 Å². The van der Waals surface area contributed by atoms with E-state index in [1.54, 1.807) is 7.11 Å². The van der Waals surface area contributed by atoms with Crippen LogP contribution in [-0.2, 0) is 9.53 Å². The zero-order valence-electron chi connectivity index (χ0n) is 9.98. The molecule has 1 atom stereocenters. The third-order valence-corrected chi connectivity index (χ3v) is 3.07. The molecule has 0 saturated carbocycles. The second-order valence-corrected chi connectivity index (χ2v) is 4.24. The smallest absolute Gasteiger partial charge is 0.225 e. The number of hydrogen-bond donors (Lipinski definition) is 2. The maximum Gasteiger partial charge on any atom is 0.225 e. The topological polar surface area (TPSA) is 50.4 Å². The Hall–Kier alpha value is -1.39. The van der Waals surface area contributed by atoms with Crippen molar-refractivity contribution in [3.63, 3.8) is 0 Å². The Labute approximate surface area is 101 Å². The van der Waals surface area contributed by atoms with E-state index in [9.17, 15) is 4.79 Å². The maximum atomic E-state index is 11.7. The van der Waals surface area contributed by atoms with Gasteiger partial charge in [-0.3, -0.25) is 4.79 Å². The Morgan fingerprint density at radius 3 is 2.71 bits per heavy atom. The number of carbonyl (C=O) groups is 1. The molecule has 1 fully saturated rings. The summed E-state index contributed by atoms with van der Waals surface area (Å²) in [7, 11) is 1.66. The zero-order valence-corrected chi connectivity index (χ0v) is 9.98. The minimum Gasteiger partial charge on any atom is -0.375 e. The summed E-state index contributed by atoms with van der Waals surface area (Å²) in [5.74, 6) is 0.241. The highest BCUT2D eigenvalue weighted by Gasteiger charge is 2.25. The lowest BCUT2D eigenvalue weighted by Crippen LogP contribution is -2.51. The van der Waals surface area contributed by atoms with Gasteiger partial charge in [0.1, 0.15) is 0 Å².